The summed E-state index contributed by atoms with van der Waals surface area (Å²) >= 11 is 0. The van der Waals surface area contributed by atoms with Crippen molar-refractivity contribution in [3.8, 4) is 0 Å². The van der Waals surface area contributed by atoms with Crippen molar-refractivity contribution >= 4 is 102 Å². The standard InChI is InChI=1S/C35H28N6O13S4.C4H11NO2.4Na/c1-19-11-23(7-9-31(19)40-38-25-5-3-21-13-27(55(43,44)45)17-33(29(21)15-25)57(49,50)51)36-35(42)37-24-8-10-32(20(2)12-24)41-39-26-6-4-22-14-28(56(46,47)48)18-34(30(22)16-26)58(52,53)54;6-3-1-5-2-4-7;;;;/h3-18H,1-2H3,(H2,36,37,42)(H,43,44,45)(H,46,47,48)(H,49,50,51)(H,52,53,54);5-7H,1-4H2;;;;/q;;4*+1/p-4. The Balaban J connectivity index is 0.00000201. The third kappa shape index (κ3) is 18.7. The van der Waals surface area contributed by atoms with Crippen molar-refractivity contribution in [1.82, 2.24) is 5.32 Å². The van der Waals surface area contributed by atoms with Crippen molar-refractivity contribution in [3.05, 3.63) is 108 Å². The molecule has 22 nitrogen and oxygen atoms in total. The SMILES string of the molecule is Cc1cc(NC(=O)Nc2ccc(N=Nc3ccc4cc(S(=O)(=O)[O-])cc(S(=O)(=O)[O-])c4c3)c(C)c2)ccc1N=Nc1ccc2cc(S(=O)(=O)[O-])cc(S(=O)(=O)[O-])c2c1.OCCNCCO.[Na+].[Na+].[Na+].[Na+]. The molecule has 0 radical (unpaired) electrons. The molecular formula is C39H35N7Na4O15S4. The first-order valence-electron chi connectivity index (χ1n) is 18.4. The van der Waals surface area contributed by atoms with E-state index >= 15 is 0 Å². The fraction of sp³-hybridized carbons (Fsp3) is 0.154. The molecular weight excluding hydrogens is 1030 g/mol. The summed E-state index contributed by atoms with van der Waals surface area (Å²) in [4.78, 5) is 9.26. The van der Waals surface area contributed by atoms with Crippen LogP contribution in [0.3, 0.4) is 0 Å². The number of hydrogen-bond acceptors (Lipinski definition) is 20. The molecule has 5 N–H and O–H groups in total. The molecule has 6 aromatic rings. The van der Waals surface area contributed by atoms with Crippen molar-refractivity contribution in [2.45, 2.75) is 33.4 Å². The molecule has 0 saturated carbocycles. The molecule has 0 aliphatic heterocycles. The Kier molecular flexibility index (Phi) is 26.1. The van der Waals surface area contributed by atoms with Gasteiger partial charge in [0.25, 0.3) is 0 Å². The number of nitrogens with zero attached hydrogens (tertiary/aromatic N) is 4. The van der Waals surface area contributed by atoms with Crippen LogP contribution in [0.4, 0.5) is 38.9 Å². The Morgan fingerprint density at radius 1 is 0.493 bits per heavy atom. The summed E-state index contributed by atoms with van der Waals surface area (Å²) in [7, 11) is -20.5. The molecule has 0 heterocycles. The van der Waals surface area contributed by atoms with Crippen LogP contribution in [-0.2, 0) is 40.5 Å². The summed E-state index contributed by atoms with van der Waals surface area (Å²) in [5.74, 6) is 0. The second-order valence-electron chi connectivity index (χ2n) is 13.6. The number of anilines is 2. The average molecular weight is 1060 g/mol. The van der Waals surface area contributed by atoms with Crippen LogP contribution >= 0.6 is 0 Å². The average Bonchev–Trinajstić information content (AvgIpc) is 3.21. The molecule has 0 fully saturated rings. The molecule has 0 spiro atoms. The maximum atomic E-state index is 12.8. The van der Waals surface area contributed by atoms with Crippen molar-refractivity contribution in [2.24, 2.45) is 20.5 Å². The molecule has 0 aliphatic rings. The third-order valence-electron chi connectivity index (χ3n) is 8.90. The molecule has 344 valence electrons. The Labute approximate surface area is 485 Å². The van der Waals surface area contributed by atoms with Crippen molar-refractivity contribution in [2.75, 3.05) is 36.9 Å². The molecule has 0 saturated heterocycles. The van der Waals surface area contributed by atoms with Crippen molar-refractivity contribution < 1.29 is 185 Å². The number of fused-ring (bicyclic) bond motifs is 2. The number of rotatable bonds is 14. The summed E-state index contributed by atoms with van der Waals surface area (Å²) in [6, 6.07) is 19.4. The molecule has 0 unspecified atom stereocenters. The number of urea groups is 1. The van der Waals surface area contributed by atoms with Crippen LogP contribution in [0.25, 0.3) is 21.5 Å². The smallest absolute Gasteiger partial charge is 0.744 e. The van der Waals surface area contributed by atoms with E-state index in [1.165, 1.54) is 48.5 Å². The van der Waals surface area contributed by atoms with E-state index in [0.717, 1.165) is 12.1 Å². The fourth-order valence-electron chi connectivity index (χ4n) is 5.89. The van der Waals surface area contributed by atoms with Gasteiger partial charge in [-0.2, -0.15) is 20.5 Å². The molecule has 0 aliphatic carbocycles. The first kappa shape index (κ1) is 64.8. The number of aryl methyl sites for hydroxylation is 2. The molecule has 0 bridgehead atoms. The number of amides is 2. The Morgan fingerprint density at radius 3 is 1.16 bits per heavy atom. The van der Waals surface area contributed by atoms with Gasteiger partial charge in [-0.25, -0.2) is 38.5 Å². The van der Waals surface area contributed by atoms with Crippen LogP contribution in [0.15, 0.2) is 137 Å². The van der Waals surface area contributed by atoms with Gasteiger partial charge >= 0.3 is 124 Å². The van der Waals surface area contributed by atoms with Gasteiger partial charge in [0, 0.05) is 35.2 Å². The molecule has 30 heteroatoms. The minimum absolute atomic E-state index is 0. The van der Waals surface area contributed by atoms with Gasteiger partial charge in [-0.1, -0.05) is 12.1 Å². The number of nitrogens with one attached hydrogen (secondary N) is 3. The summed E-state index contributed by atoms with van der Waals surface area (Å²) in [5.41, 5.74) is 2.83. The van der Waals surface area contributed by atoms with E-state index < -0.39 is 66.1 Å². The zero-order valence-electron chi connectivity index (χ0n) is 37.7. The summed E-state index contributed by atoms with van der Waals surface area (Å²) in [6.45, 7) is 4.78. The van der Waals surface area contributed by atoms with Crippen LogP contribution in [-0.4, -0.2) is 94.4 Å². The van der Waals surface area contributed by atoms with Crippen molar-refractivity contribution in [1.29, 1.82) is 0 Å². The Bertz CT molecular complexity index is 3130. The van der Waals surface area contributed by atoms with E-state index in [0.29, 0.717) is 59.1 Å². The van der Waals surface area contributed by atoms with Gasteiger partial charge in [0.2, 0.25) is 0 Å². The van der Waals surface area contributed by atoms with Gasteiger partial charge in [-0.3, -0.25) is 0 Å². The van der Waals surface area contributed by atoms with E-state index in [1.54, 1.807) is 38.1 Å². The van der Waals surface area contributed by atoms with E-state index in [4.69, 9.17) is 10.2 Å². The first-order valence-corrected chi connectivity index (χ1v) is 24.0. The molecule has 69 heavy (non-hydrogen) atoms. The maximum absolute atomic E-state index is 12.8. The molecule has 6 rings (SSSR count). The van der Waals surface area contributed by atoms with Crippen LogP contribution in [0, 0.1) is 13.8 Å². The van der Waals surface area contributed by atoms with E-state index in [2.05, 4.69) is 36.4 Å². The summed E-state index contributed by atoms with van der Waals surface area (Å²) in [6.07, 6.45) is 0. The zero-order chi connectivity index (χ0) is 47.9. The molecule has 0 aromatic heterocycles. The quantitative estimate of drug-likeness (QED) is 0.0293. The third-order valence-corrected chi connectivity index (χ3v) is 12.3. The van der Waals surface area contributed by atoms with Crippen LogP contribution < -0.4 is 134 Å². The van der Waals surface area contributed by atoms with E-state index in [1.807, 2.05) is 0 Å². The zero-order valence-corrected chi connectivity index (χ0v) is 49.0. The second-order valence-corrected chi connectivity index (χ2v) is 19.1. The van der Waals surface area contributed by atoms with Gasteiger partial charge in [0.05, 0.1) is 55.5 Å². The van der Waals surface area contributed by atoms with Gasteiger partial charge in [-0.05, 0) is 121 Å². The number of benzene rings is 6. The predicted molar refractivity (Wildman–Crippen MR) is 230 cm³/mol. The Morgan fingerprint density at radius 2 is 0.855 bits per heavy atom. The minimum Gasteiger partial charge on any atom is -0.744 e. The van der Waals surface area contributed by atoms with Gasteiger partial charge in [-0.15, -0.1) is 0 Å². The van der Waals surface area contributed by atoms with Crippen molar-refractivity contribution in [3.63, 3.8) is 0 Å². The number of hydrogen-bond donors (Lipinski definition) is 5. The molecule has 2 amide bonds. The second kappa shape index (κ2) is 27.8. The van der Waals surface area contributed by atoms with Gasteiger partial charge in [0.15, 0.2) is 0 Å². The number of carbonyl (C=O) groups excluding carboxylic acids is 1. The van der Waals surface area contributed by atoms with Crippen LogP contribution in [0.5, 0.6) is 0 Å². The largest absolute Gasteiger partial charge is 1.00 e. The number of carbonyl (C=O) groups is 1. The maximum Gasteiger partial charge on any atom is 1.00 e. The van der Waals surface area contributed by atoms with Crippen LogP contribution in [0.1, 0.15) is 11.1 Å². The molecule has 6 aromatic carbocycles. The summed E-state index contributed by atoms with van der Waals surface area (Å²) < 4.78 is 140. The van der Waals surface area contributed by atoms with E-state index in [9.17, 15) is 56.7 Å². The monoisotopic (exact) mass is 1060 g/mol. The first-order chi connectivity index (χ1) is 30.4. The fourth-order valence-corrected chi connectivity index (χ4v) is 8.54. The molecule has 0 atom stereocenters. The summed E-state index contributed by atoms with van der Waals surface area (Å²) in [5, 5.41) is 40.6. The van der Waals surface area contributed by atoms with Gasteiger partial charge < -0.3 is 44.4 Å². The predicted octanol–water partition coefficient (Wildman–Crippen LogP) is -6.72. The Hall–Kier alpha value is -2.17. The minimum atomic E-state index is -5.18. The number of aliphatic hydroxyl groups excluding tert-OH is 2. The number of aliphatic hydroxyl groups is 2. The topological polar surface area (TPSA) is 372 Å². The van der Waals surface area contributed by atoms with E-state index in [-0.39, 0.29) is 164 Å². The van der Waals surface area contributed by atoms with Gasteiger partial charge in [0.1, 0.15) is 40.5 Å². The van der Waals surface area contributed by atoms with Crippen LogP contribution in [0.2, 0.25) is 0 Å². The normalized spacial score (nSPS) is 11.7. The number of azo groups is 2.